The number of para-hydroxylation sites is 4. The molecule has 4 aromatic rings. The second kappa shape index (κ2) is 4.11. The molecule has 4 nitrogen and oxygen atoms in total. The average molecular weight is 674 g/mol. The number of ether oxygens (including phenoxy) is 4. The molecule has 8 unspecified atom stereocenters. The quantitative estimate of drug-likeness (QED) is 0.129. The van der Waals surface area contributed by atoms with Crippen molar-refractivity contribution in [3.05, 3.63) is 97.1 Å². The van der Waals surface area contributed by atoms with E-state index in [0.717, 1.165) is 61.5 Å². The standard InChI is InChI=1S/2C19H18O2P.Fe/c2*1-20-16-11-5-7-13-18(16)22(15-9-3-4-10-15)19-14-8-6-12-17(19)21-2;/h2*3-14H,1-2H3;. The van der Waals surface area contributed by atoms with Crippen LogP contribution in [0.3, 0.4) is 0 Å². The third-order valence-electron chi connectivity index (χ3n) is 20.6. The predicted octanol–water partition coefficient (Wildman–Crippen LogP) is 7.49. The van der Waals surface area contributed by atoms with Gasteiger partial charge in [-0.2, -0.15) is 0 Å². The van der Waals surface area contributed by atoms with Crippen LogP contribution in [0.2, 0.25) is 38.5 Å². The summed E-state index contributed by atoms with van der Waals surface area (Å²) in [6.45, 7) is -4.26. The van der Waals surface area contributed by atoms with Crippen molar-refractivity contribution in [3.63, 3.8) is 0 Å². The molecule has 45 heavy (non-hydrogen) atoms. The van der Waals surface area contributed by atoms with Gasteiger partial charge in [0.1, 0.15) is 0 Å². The van der Waals surface area contributed by atoms with Gasteiger partial charge in [-0.1, -0.05) is 0 Å². The van der Waals surface area contributed by atoms with E-state index in [1.165, 1.54) is 21.2 Å². The van der Waals surface area contributed by atoms with Crippen LogP contribution in [0.5, 0.6) is 23.0 Å². The summed E-state index contributed by atoms with van der Waals surface area (Å²) in [5.41, 5.74) is 0. The maximum atomic E-state index is 6.23. The van der Waals surface area contributed by atoms with Gasteiger partial charge in [0, 0.05) is 0 Å². The monoisotopic (exact) mass is 674 g/mol. The molecule has 8 atom stereocenters. The number of rotatable bonds is 10. The van der Waals surface area contributed by atoms with Crippen molar-refractivity contribution in [3.8, 4) is 23.0 Å². The van der Waals surface area contributed by atoms with Gasteiger partial charge in [0.2, 0.25) is 0 Å². The van der Waals surface area contributed by atoms with Crippen LogP contribution >= 0.6 is 15.8 Å². The van der Waals surface area contributed by atoms with E-state index < -0.39 is 22.4 Å². The van der Waals surface area contributed by atoms with Crippen molar-refractivity contribution < 1.29 is 25.5 Å². The molecule has 0 amide bonds. The molecule has 0 radical (unpaired) electrons. The Morgan fingerprint density at radius 2 is 0.667 bits per heavy atom. The van der Waals surface area contributed by atoms with Crippen molar-refractivity contribution in [2.24, 2.45) is 0 Å². The Bertz CT molecular complexity index is 2230. The molecule has 10 heterocycles. The minimum absolute atomic E-state index is 0.525. The SMILES string of the molecule is COc1ccccc1P(c1ccccc1OC)[C]12[CH]3[CH]4[CH]5[CH]1[Fe]45321678[CH]2[CH]1[CH]6[C]7(P(c1ccccc1OC)c1ccccc1OC)[CH]28. The summed E-state index contributed by atoms with van der Waals surface area (Å²) in [6.07, 6.45) is 0. The summed E-state index contributed by atoms with van der Waals surface area (Å²) in [7, 11) is 6.21. The van der Waals surface area contributed by atoms with Gasteiger partial charge in [-0.05, 0) is 0 Å². The first-order valence-electron chi connectivity index (χ1n) is 16.2. The summed E-state index contributed by atoms with van der Waals surface area (Å²) < 4.78 is 26.0. The summed E-state index contributed by atoms with van der Waals surface area (Å²) in [5.74, 6) is 4.32. The number of methoxy groups -OCH3 is 4. The van der Waals surface area contributed by atoms with E-state index in [4.69, 9.17) is 18.9 Å². The van der Waals surface area contributed by atoms with Crippen LogP contribution in [0.15, 0.2) is 97.1 Å². The molecule has 230 valence electrons. The van der Waals surface area contributed by atoms with Crippen molar-refractivity contribution in [2.45, 2.75) is 46.6 Å². The summed E-state index contributed by atoms with van der Waals surface area (Å²) >= 11 is 0. The zero-order chi connectivity index (χ0) is 29.9. The van der Waals surface area contributed by atoms with Crippen LogP contribution in [0.1, 0.15) is 0 Å². The van der Waals surface area contributed by atoms with Crippen molar-refractivity contribution >= 4 is 37.1 Å². The number of fused-ring (bicyclic) bond motifs is 10. The summed E-state index contributed by atoms with van der Waals surface area (Å²) in [6, 6.07) is 36.3. The number of benzene rings is 4. The number of hydrogen-bond donors (Lipinski definition) is 0. The molecule has 10 aliphatic heterocycles. The molecule has 14 rings (SSSR count). The Hall–Kier alpha value is -2.54. The Labute approximate surface area is 256 Å². The van der Waals surface area contributed by atoms with Crippen LogP contribution in [0.4, 0.5) is 0 Å². The van der Waals surface area contributed by atoms with Gasteiger partial charge >= 0.3 is 258 Å². The molecule has 10 saturated heterocycles. The molecule has 0 saturated carbocycles. The molecule has 0 bridgehead atoms. The molecule has 0 N–H and O–H groups in total. The second-order valence-corrected chi connectivity index (χ2v) is 45.8. The van der Waals surface area contributed by atoms with Crippen molar-refractivity contribution in [1.29, 1.82) is 0 Å². The molecule has 10 aliphatic rings. The van der Waals surface area contributed by atoms with E-state index in [-0.39, 0.29) is 0 Å². The third-order valence-corrected chi connectivity index (χ3v) is 77.4. The van der Waals surface area contributed by atoms with Crippen LogP contribution in [0, 0.1) is 0 Å². The average Bonchev–Trinajstić information content (AvgIpc) is 4.05. The van der Waals surface area contributed by atoms with Gasteiger partial charge < -0.3 is 0 Å². The van der Waals surface area contributed by atoms with E-state index in [2.05, 4.69) is 97.1 Å². The molecule has 0 aromatic heterocycles. The molecule has 10 fully saturated rings. The fourth-order valence-electron chi connectivity index (χ4n) is 21.8. The third kappa shape index (κ3) is 0.701. The van der Waals surface area contributed by atoms with Crippen LogP contribution in [-0.2, 0) is 6.51 Å². The van der Waals surface area contributed by atoms with Crippen LogP contribution in [0.25, 0.3) is 0 Å². The molecular formula is C38H36FeO4P2. The number of hydrogen-bond acceptors (Lipinski definition) is 4. The van der Waals surface area contributed by atoms with E-state index >= 15 is 0 Å². The van der Waals surface area contributed by atoms with E-state index in [0.29, 0.717) is 8.11 Å². The van der Waals surface area contributed by atoms with Crippen molar-refractivity contribution in [1.82, 2.24) is 0 Å². The fourth-order valence-corrected chi connectivity index (χ4v) is 127. The maximum absolute atomic E-state index is 6.23. The first-order valence-corrected chi connectivity index (χ1v) is 25.1. The van der Waals surface area contributed by atoms with Crippen LogP contribution < -0.4 is 40.2 Å². The Morgan fingerprint density at radius 3 is 0.889 bits per heavy atom. The summed E-state index contributed by atoms with van der Waals surface area (Å²) in [5, 5.41) is 5.89. The van der Waals surface area contributed by atoms with E-state index in [1.54, 1.807) is 0 Å². The second-order valence-electron chi connectivity index (χ2n) is 17.1. The van der Waals surface area contributed by atoms with Gasteiger partial charge in [-0.15, -0.1) is 0 Å². The topological polar surface area (TPSA) is 36.9 Å². The van der Waals surface area contributed by atoms with Gasteiger partial charge in [-0.3, -0.25) is 0 Å². The molecule has 0 aliphatic carbocycles. The van der Waals surface area contributed by atoms with Gasteiger partial charge in [-0.25, -0.2) is 0 Å². The molecule has 4 aromatic carbocycles. The molecule has 7 heteroatoms. The molecular weight excluding hydrogens is 638 g/mol. The Kier molecular flexibility index (Phi) is 2.17. The normalized spacial score (nSPS) is 53.7. The van der Waals surface area contributed by atoms with Gasteiger partial charge in [0.05, 0.1) is 0 Å². The van der Waals surface area contributed by atoms with Gasteiger partial charge in [0.25, 0.3) is 0 Å². The van der Waals surface area contributed by atoms with Crippen LogP contribution in [-0.4, -0.2) is 36.5 Å². The Morgan fingerprint density at radius 1 is 0.422 bits per heavy atom. The minimum atomic E-state index is -4.26. The van der Waals surface area contributed by atoms with E-state index in [9.17, 15) is 0 Å². The van der Waals surface area contributed by atoms with Crippen molar-refractivity contribution in [2.75, 3.05) is 28.4 Å². The van der Waals surface area contributed by atoms with E-state index in [1.807, 2.05) is 28.4 Å². The fraction of sp³-hybridized carbons (Fsp3) is 0.368. The first-order chi connectivity index (χ1) is 21.9. The van der Waals surface area contributed by atoms with Gasteiger partial charge in [0.15, 0.2) is 0 Å². The predicted molar refractivity (Wildman–Crippen MR) is 180 cm³/mol. The Balaban J connectivity index is 1.10. The summed E-state index contributed by atoms with van der Waals surface area (Å²) in [4.78, 5) is 8.55. The zero-order valence-electron chi connectivity index (χ0n) is 25.7. The first kappa shape index (κ1) is 23.7. The zero-order valence-corrected chi connectivity index (χ0v) is 28.6. The molecule has 1 spiro atoms.